The van der Waals surface area contributed by atoms with Gasteiger partial charge in [-0.3, -0.25) is 9.59 Å². The lowest BCUT2D eigenvalue weighted by Gasteiger charge is -2.20. The van der Waals surface area contributed by atoms with Gasteiger partial charge in [-0.1, -0.05) is 30.3 Å². The van der Waals surface area contributed by atoms with Crippen LogP contribution in [0.25, 0.3) is 0 Å². The average Bonchev–Trinajstić information content (AvgIpc) is 3.07. The number of imidazole rings is 1. The molecule has 0 fully saturated rings. The Hall–Kier alpha value is -3.15. The summed E-state index contributed by atoms with van der Waals surface area (Å²) in [7, 11) is 0. The fourth-order valence-electron chi connectivity index (χ4n) is 2.58. The van der Waals surface area contributed by atoms with Crippen LogP contribution in [0.5, 0.6) is 0 Å². The molecule has 2 heterocycles. The molecule has 0 saturated heterocycles. The molecule has 0 radical (unpaired) electrons. The first-order valence-corrected chi connectivity index (χ1v) is 7.64. The van der Waals surface area contributed by atoms with E-state index >= 15 is 0 Å². The van der Waals surface area contributed by atoms with Gasteiger partial charge in [0.15, 0.2) is 0 Å². The third-order valence-corrected chi connectivity index (χ3v) is 3.70. The molecule has 6 nitrogen and oxygen atoms in total. The number of hydrogen-bond donors (Lipinski definition) is 2. The Kier molecular flexibility index (Phi) is 4.56. The van der Waals surface area contributed by atoms with Crippen LogP contribution < -0.4 is 10.9 Å². The molecule has 1 amide bonds. The summed E-state index contributed by atoms with van der Waals surface area (Å²) in [4.78, 5) is 30.8. The lowest BCUT2D eigenvalue weighted by Crippen LogP contribution is -2.32. The molecule has 3 aromatic rings. The highest BCUT2D eigenvalue weighted by Gasteiger charge is 2.17. The first kappa shape index (κ1) is 15.7. The molecule has 0 bridgehead atoms. The summed E-state index contributed by atoms with van der Waals surface area (Å²) < 4.78 is 1.90. The number of hydrogen-bond acceptors (Lipinski definition) is 3. The van der Waals surface area contributed by atoms with Gasteiger partial charge >= 0.3 is 0 Å². The molecule has 1 aromatic carbocycles. The van der Waals surface area contributed by atoms with Crippen molar-refractivity contribution >= 4 is 5.91 Å². The summed E-state index contributed by atoms with van der Waals surface area (Å²) >= 11 is 0. The molecule has 0 aliphatic rings. The number of benzene rings is 1. The van der Waals surface area contributed by atoms with Crippen molar-refractivity contribution in [2.75, 3.05) is 0 Å². The molecule has 0 spiro atoms. The Morgan fingerprint density at radius 2 is 2.08 bits per heavy atom. The summed E-state index contributed by atoms with van der Waals surface area (Å²) in [5, 5.41) is 3.00. The van der Waals surface area contributed by atoms with Crippen LogP contribution in [-0.4, -0.2) is 20.4 Å². The second kappa shape index (κ2) is 6.95. The van der Waals surface area contributed by atoms with Gasteiger partial charge in [0, 0.05) is 36.3 Å². The van der Waals surface area contributed by atoms with Gasteiger partial charge in [0.1, 0.15) is 0 Å². The van der Waals surface area contributed by atoms with E-state index in [1.807, 2.05) is 41.1 Å². The molecule has 2 N–H and O–H groups in total. The Bertz CT molecular complexity index is 870. The van der Waals surface area contributed by atoms with Crippen molar-refractivity contribution in [3.63, 3.8) is 0 Å². The summed E-state index contributed by atoms with van der Waals surface area (Å²) in [5.74, 6) is -0.279. The zero-order chi connectivity index (χ0) is 16.9. The first-order valence-electron chi connectivity index (χ1n) is 7.64. The van der Waals surface area contributed by atoms with Crippen molar-refractivity contribution in [3.05, 3.63) is 88.4 Å². The van der Waals surface area contributed by atoms with Crippen molar-refractivity contribution in [2.24, 2.45) is 0 Å². The topological polar surface area (TPSA) is 79.8 Å². The van der Waals surface area contributed by atoms with Crippen molar-refractivity contribution in [1.29, 1.82) is 0 Å². The minimum absolute atomic E-state index is 0.229. The second-order valence-electron chi connectivity index (χ2n) is 5.61. The number of H-pyrrole nitrogens is 1. The molecule has 0 aliphatic carbocycles. The molecule has 122 valence electrons. The number of carbonyl (C=O) groups is 1. The lowest BCUT2D eigenvalue weighted by molar-refractivity contribution is 0.0932. The number of nitrogens with zero attached hydrogens (tertiary/aromatic N) is 2. The third-order valence-electron chi connectivity index (χ3n) is 3.70. The Balaban J connectivity index is 1.85. The zero-order valence-electron chi connectivity index (χ0n) is 13.3. The van der Waals surface area contributed by atoms with Gasteiger partial charge in [-0.05, 0) is 18.6 Å². The largest absolute Gasteiger partial charge is 0.343 e. The molecule has 1 atom stereocenters. The van der Waals surface area contributed by atoms with E-state index in [1.54, 1.807) is 25.5 Å². The number of nitrogens with one attached hydrogen (secondary N) is 2. The lowest BCUT2D eigenvalue weighted by atomic mass is 10.1. The summed E-state index contributed by atoms with van der Waals surface area (Å²) in [6, 6.07) is 12.5. The van der Waals surface area contributed by atoms with E-state index in [0.717, 1.165) is 5.56 Å². The van der Waals surface area contributed by atoms with Gasteiger partial charge in [-0.15, -0.1) is 0 Å². The fourth-order valence-corrected chi connectivity index (χ4v) is 2.58. The predicted octanol–water partition coefficient (Wildman–Crippen LogP) is 2.05. The maximum absolute atomic E-state index is 12.6. The average molecular weight is 322 g/mol. The molecule has 6 heteroatoms. The smallest absolute Gasteiger partial charge is 0.252 e. The van der Waals surface area contributed by atoms with Crippen LogP contribution in [0.15, 0.2) is 66.0 Å². The Morgan fingerprint density at radius 1 is 1.29 bits per heavy atom. The number of pyridine rings is 1. The molecule has 0 unspecified atom stereocenters. The van der Waals surface area contributed by atoms with Crippen molar-refractivity contribution < 1.29 is 4.79 Å². The Labute approximate surface area is 139 Å². The van der Waals surface area contributed by atoms with Crippen LogP contribution in [0, 0.1) is 6.92 Å². The minimum Gasteiger partial charge on any atom is -0.343 e. The second-order valence-corrected chi connectivity index (χ2v) is 5.61. The fraction of sp³-hybridized carbons (Fsp3) is 0.167. The van der Waals surface area contributed by atoms with E-state index in [1.165, 1.54) is 6.07 Å². The first-order chi connectivity index (χ1) is 11.6. The van der Waals surface area contributed by atoms with E-state index < -0.39 is 0 Å². The standard InChI is InChI=1S/C18H18N4O2/c1-13-9-15(10-17(23)20-13)18(24)21-16(11-22-8-7-19-12-22)14-5-3-2-4-6-14/h2-10,12,16H,11H2,1H3,(H,20,23)(H,21,24)/t16-/m0/s1. The van der Waals surface area contributed by atoms with Crippen molar-refractivity contribution in [1.82, 2.24) is 19.9 Å². The maximum atomic E-state index is 12.6. The van der Waals surface area contributed by atoms with Crippen LogP contribution in [-0.2, 0) is 6.54 Å². The van der Waals surface area contributed by atoms with E-state index in [2.05, 4.69) is 15.3 Å². The molecular formula is C18H18N4O2. The van der Waals surface area contributed by atoms with E-state index in [0.29, 0.717) is 17.8 Å². The van der Waals surface area contributed by atoms with Crippen molar-refractivity contribution in [3.8, 4) is 0 Å². The van der Waals surface area contributed by atoms with Crippen LogP contribution in [0.1, 0.15) is 27.7 Å². The number of aromatic amines is 1. The monoisotopic (exact) mass is 322 g/mol. The van der Waals surface area contributed by atoms with Crippen LogP contribution in [0.3, 0.4) is 0 Å². The highest BCUT2D eigenvalue weighted by atomic mass is 16.2. The van der Waals surface area contributed by atoms with E-state index in [4.69, 9.17) is 0 Å². The van der Waals surface area contributed by atoms with E-state index in [9.17, 15) is 9.59 Å². The molecule has 3 rings (SSSR count). The van der Waals surface area contributed by atoms with Gasteiger partial charge in [0.2, 0.25) is 5.56 Å². The quantitative estimate of drug-likeness (QED) is 0.754. The minimum atomic E-state index is -0.286. The van der Waals surface area contributed by atoms with Crippen LogP contribution in [0.2, 0.25) is 0 Å². The summed E-state index contributed by atoms with van der Waals surface area (Å²) in [6.07, 6.45) is 5.25. The number of carbonyl (C=O) groups excluding carboxylic acids is 1. The highest BCUT2D eigenvalue weighted by molar-refractivity contribution is 5.94. The SMILES string of the molecule is Cc1cc(C(=O)N[C@@H](Cn2ccnc2)c2ccccc2)cc(=O)[nH]1. The third kappa shape index (κ3) is 3.78. The molecule has 0 saturated carbocycles. The molecule has 0 aliphatic heterocycles. The normalized spacial score (nSPS) is 11.9. The molecule has 24 heavy (non-hydrogen) atoms. The molecule has 2 aromatic heterocycles. The van der Waals surface area contributed by atoms with Gasteiger partial charge < -0.3 is 14.9 Å². The number of aryl methyl sites for hydroxylation is 1. The number of amides is 1. The zero-order valence-corrected chi connectivity index (χ0v) is 13.3. The summed E-state index contributed by atoms with van der Waals surface area (Å²) in [6.45, 7) is 2.30. The maximum Gasteiger partial charge on any atom is 0.252 e. The van der Waals surface area contributed by atoms with Crippen LogP contribution >= 0.6 is 0 Å². The molecular weight excluding hydrogens is 304 g/mol. The van der Waals surface area contributed by atoms with Gasteiger partial charge in [0.25, 0.3) is 5.91 Å². The van der Waals surface area contributed by atoms with Crippen molar-refractivity contribution in [2.45, 2.75) is 19.5 Å². The Morgan fingerprint density at radius 3 is 2.75 bits per heavy atom. The van der Waals surface area contributed by atoms with Crippen LogP contribution in [0.4, 0.5) is 0 Å². The van der Waals surface area contributed by atoms with Gasteiger partial charge in [0.05, 0.1) is 12.4 Å². The summed E-state index contributed by atoms with van der Waals surface area (Å²) in [5.41, 5.74) is 1.70. The number of aromatic nitrogens is 3. The van der Waals surface area contributed by atoms with Gasteiger partial charge in [-0.2, -0.15) is 0 Å². The predicted molar refractivity (Wildman–Crippen MR) is 90.7 cm³/mol. The van der Waals surface area contributed by atoms with E-state index in [-0.39, 0.29) is 17.5 Å². The van der Waals surface area contributed by atoms with Gasteiger partial charge in [-0.25, -0.2) is 4.98 Å². The number of rotatable bonds is 5. The highest BCUT2D eigenvalue weighted by Crippen LogP contribution is 2.16.